The van der Waals surface area contributed by atoms with Gasteiger partial charge in [-0.05, 0) is 23.8 Å². The van der Waals surface area contributed by atoms with Gasteiger partial charge in [-0.2, -0.15) is 0 Å². The average Bonchev–Trinajstić information content (AvgIpc) is 2.84. The fraction of sp³-hybridized carbons (Fsp3) is 0.438. The second kappa shape index (κ2) is 5.98. The van der Waals surface area contributed by atoms with E-state index in [4.69, 9.17) is 15.6 Å². The Morgan fingerprint density at radius 3 is 2.82 bits per heavy atom. The first-order chi connectivity index (χ1) is 10.6. The molecule has 0 spiro atoms. The van der Waals surface area contributed by atoms with E-state index in [2.05, 4.69) is 23.1 Å². The van der Waals surface area contributed by atoms with Crippen LogP contribution in [0, 0.1) is 0 Å². The van der Waals surface area contributed by atoms with Gasteiger partial charge in [-0.25, -0.2) is 0 Å². The molecule has 1 aromatic carbocycles. The number of nitrogens with zero attached hydrogens (tertiary/aromatic N) is 2. The summed E-state index contributed by atoms with van der Waals surface area (Å²) in [7, 11) is 1.96. The number of aliphatic carboxylic acids is 1. The minimum Gasteiger partial charge on any atom is -0.480 e. The van der Waals surface area contributed by atoms with Crippen LogP contribution in [0.15, 0.2) is 24.4 Å². The number of carbonyl (C=O) groups is 1. The van der Waals surface area contributed by atoms with Gasteiger partial charge in [0.2, 0.25) is 0 Å². The molecule has 6 heteroatoms. The highest BCUT2D eigenvalue weighted by molar-refractivity contribution is 5.88. The largest absolute Gasteiger partial charge is 0.480 e. The van der Waals surface area contributed by atoms with Crippen molar-refractivity contribution >= 4 is 22.6 Å². The molecule has 0 aliphatic carbocycles. The van der Waals surface area contributed by atoms with E-state index in [1.165, 1.54) is 0 Å². The van der Waals surface area contributed by atoms with Crippen molar-refractivity contribution in [1.29, 1.82) is 0 Å². The molecule has 1 saturated heterocycles. The summed E-state index contributed by atoms with van der Waals surface area (Å²) in [4.78, 5) is 13.3. The Morgan fingerprint density at radius 2 is 2.14 bits per heavy atom. The van der Waals surface area contributed by atoms with Crippen LogP contribution in [0.25, 0.3) is 10.9 Å². The number of ether oxygens (including phenoxy) is 1. The highest BCUT2D eigenvalue weighted by atomic mass is 16.5. The van der Waals surface area contributed by atoms with Gasteiger partial charge in [0.25, 0.3) is 0 Å². The van der Waals surface area contributed by atoms with Crippen molar-refractivity contribution in [3.8, 4) is 0 Å². The molecule has 0 saturated carbocycles. The highest BCUT2D eigenvalue weighted by Gasteiger charge is 2.17. The Kier molecular flexibility index (Phi) is 4.04. The molecule has 118 valence electrons. The molecule has 1 aliphatic rings. The van der Waals surface area contributed by atoms with E-state index >= 15 is 0 Å². The first kappa shape index (κ1) is 14.9. The zero-order valence-electron chi connectivity index (χ0n) is 12.7. The standard InChI is InChI=1S/C16H21N3O3/c1-18-10-11(8-14(17)16(20)21)13-9-12(2-3-15(13)18)19-4-6-22-7-5-19/h2-3,9-10,14H,4-8,17H2,1H3,(H,20,21). The van der Waals surface area contributed by atoms with E-state index in [1.54, 1.807) is 0 Å². The summed E-state index contributed by atoms with van der Waals surface area (Å²) < 4.78 is 7.40. The second-order valence-corrected chi connectivity index (χ2v) is 5.71. The van der Waals surface area contributed by atoms with Crippen LogP contribution in [0.4, 0.5) is 5.69 Å². The quantitative estimate of drug-likeness (QED) is 0.879. The fourth-order valence-corrected chi connectivity index (χ4v) is 2.97. The number of rotatable bonds is 4. The predicted molar refractivity (Wildman–Crippen MR) is 85.3 cm³/mol. The summed E-state index contributed by atoms with van der Waals surface area (Å²) >= 11 is 0. The summed E-state index contributed by atoms with van der Waals surface area (Å²) in [5.74, 6) is -0.971. The number of aromatic nitrogens is 1. The average molecular weight is 303 g/mol. The van der Waals surface area contributed by atoms with Crippen molar-refractivity contribution < 1.29 is 14.6 Å². The molecule has 0 radical (unpaired) electrons. The molecule has 1 unspecified atom stereocenters. The summed E-state index contributed by atoms with van der Waals surface area (Å²) in [5.41, 5.74) is 8.90. The number of carboxylic acids is 1. The molecule has 3 N–H and O–H groups in total. The van der Waals surface area contributed by atoms with Crippen LogP contribution in [0.1, 0.15) is 5.56 Å². The fourth-order valence-electron chi connectivity index (χ4n) is 2.97. The summed E-state index contributed by atoms with van der Waals surface area (Å²) in [5, 5.41) is 10.1. The first-order valence-corrected chi connectivity index (χ1v) is 7.45. The van der Waals surface area contributed by atoms with Gasteiger partial charge in [-0.15, -0.1) is 0 Å². The van der Waals surface area contributed by atoms with Crippen LogP contribution < -0.4 is 10.6 Å². The van der Waals surface area contributed by atoms with Crippen LogP contribution >= 0.6 is 0 Å². The van der Waals surface area contributed by atoms with E-state index in [9.17, 15) is 4.79 Å². The van der Waals surface area contributed by atoms with Gasteiger partial charge in [-0.3, -0.25) is 4.79 Å². The zero-order chi connectivity index (χ0) is 15.7. The molecule has 1 aromatic heterocycles. The maximum absolute atomic E-state index is 11.0. The van der Waals surface area contributed by atoms with E-state index in [0.29, 0.717) is 6.42 Å². The summed E-state index contributed by atoms with van der Waals surface area (Å²) in [6.45, 7) is 3.23. The van der Waals surface area contributed by atoms with Crippen LogP contribution in [0.2, 0.25) is 0 Å². The Hall–Kier alpha value is -2.05. The van der Waals surface area contributed by atoms with Gasteiger partial charge in [0.15, 0.2) is 0 Å². The molecular weight excluding hydrogens is 282 g/mol. The maximum Gasteiger partial charge on any atom is 0.320 e. The van der Waals surface area contributed by atoms with Gasteiger partial charge in [0, 0.05) is 49.3 Å². The monoisotopic (exact) mass is 303 g/mol. The number of benzene rings is 1. The smallest absolute Gasteiger partial charge is 0.320 e. The third kappa shape index (κ3) is 2.80. The first-order valence-electron chi connectivity index (χ1n) is 7.45. The number of anilines is 1. The Morgan fingerprint density at radius 1 is 1.41 bits per heavy atom. The van der Waals surface area contributed by atoms with Gasteiger partial charge in [-0.1, -0.05) is 0 Å². The van der Waals surface area contributed by atoms with Crippen LogP contribution in [-0.2, 0) is 23.0 Å². The Bertz CT molecular complexity index is 689. The molecule has 0 bridgehead atoms. The molecule has 0 amide bonds. The maximum atomic E-state index is 11.0. The van der Waals surface area contributed by atoms with Crippen molar-refractivity contribution in [1.82, 2.24) is 4.57 Å². The lowest BCUT2D eigenvalue weighted by Crippen LogP contribution is -2.36. The molecule has 3 rings (SSSR count). The highest BCUT2D eigenvalue weighted by Crippen LogP contribution is 2.27. The number of carboxylic acid groups (broad SMARTS) is 1. The molecule has 6 nitrogen and oxygen atoms in total. The minimum absolute atomic E-state index is 0.333. The molecule has 2 heterocycles. The number of nitrogens with two attached hydrogens (primary N) is 1. The van der Waals surface area contributed by atoms with E-state index < -0.39 is 12.0 Å². The summed E-state index contributed by atoms with van der Waals surface area (Å²) in [6.07, 6.45) is 2.30. The number of fused-ring (bicyclic) bond motifs is 1. The normalized spacial score (nSPS) is 16.9. The van der Waals surface area contributed by atoms with Gasteiger partial charge < -0.3 is 25.0 Å². The SMILES string of the molecule is Cn1cc(CC(N)C(=O)O)c2cc(N3CCOCC3)ccc21. The van der Waals surface area contributed by atoms with Crippen LogP contribution in [0.3, 0.4) is 0 Å². The third-order valence-electron chi connectivity index (χ3n) is 4.19. The third-order valence-corrected chi connectivity index (χ3v) is 4.19. The topological polar surface area (TPSA) is 80.7 Å². The van der Waals surface area contributed by atoms with E-state index in [-0.39, 0.29) is 0 Å². The predicted octanol–water partition coefficient (Wildman–Crippen LogP) is 0.969. The van der Waals surface area contributed by atoms with Crippen molar-refractivity contribution in [2.75, 3.05) is 31.2 Å². The summed E-state index contributed by atoms with van der Waals surface area (Å²) in [6, 6.07) is 5.44. The lowest BCUT2D eigenvalue weighted by atomic mass is 10.0. The molecule has 1 aliphatic heterocycles. The van der Waals surface area contributed by atoms with Crippen molar-refractivity contribution in [2.45, 2.75) is 12.5 Å². The second-order valence-electron chi connectivity index (χ2n) is 5.71. The zero-order valence-corrected chi connectivity index (χ0v) is 12.7. The van der Waals surface area contributed by atoms with E-state index in [1.807, 2.05) is 17.8 Å². The van der Waals surface area contributed by atoms with Crippen LogP contribution in [0.5, 0.6) is 0 Å². The number of hydrogen-bond donors (Lipinski definition) is 2. The molecule has 22 heavy (non-hydrogen) atoms. The van der Waals surface area contributed by atoms with Gasteiger partial charge >= 0.3 is 5.97 Å². The molecule has 1 fully saturated rings. The molecule has 2 aromatic rings. The van der Waals surface area contributed by atoms with Crippen LogP contribution in [-0.4, -0.2) is 48.0 Å². The van der Waals surface area contributed by atoms with Gasteiger partial charge in [0.05, 0.1) is 13.2 Å². The molecule has 1 atom stereocenters. The lowest BCUT2D eigenvalue weighted by Gasteiger charge is -2.29. The minimum atomic E-state index is -0.971. The molecular formula is C16H21N3O3. The van der Waals surface area contributed by atoms with Crippen molar-refractivity contribution in [3.05, 3.63) is 30.0 Å². The number of hydrogen-bond acceptors (Lipinski definition) is 4. The van der Waals surface area contributed by atoms with E-state index in [0.717, 1.165) is 48.5 Å². The number of morpholine rings is 1. The Balaban J connectivity index is 1.96. The van der Waals surface area contributed by atoms with Crippen molar-refractivity contribution in [3.63, 3.8) is 0 Å². The van der Waals surface area contributed by atoms with Crippen molar-refractivity contribution in [2.24, 2.45) is 12.8 Å². The lowest BCUT2D eigenvalue weighted by molar-refractivity contribution is -0.138. The Labute approximate surface area is 129 Å². The van der Waals surface area contributed by atoms with Gasteiger partial charge in [0.1, 0.15) is 6.04 Å². The number of aryl methyl sites for hydroxylation is 1.